The van der Waals surface area contributed by atoms with Crippen molar-refractivity contribution in [2.45, 2.75) is 20.0 Å². The maximum atomic E-state index is 13.3. The molecule has 0 aliphatic heterocycles. The number of anilines is 1. The van der Waals surface area contributed by atoms with E-state index in [1.54, 1.807) is 54.6 Å². The van der Waals surface area contributed by atoms with Crippen molar-refractivity contribution in [2.75, 3.05) is 12.4 Å². The molecule has 0 aliphatic rings. The summed E-state index contributed by atoms with van der Waals surface area (Å²) in [5.74, 6) is 0.357. The smallest absolute Gasteiger partial charge is 0.255 e. The standard InChI is InChI=1S/C26H22ClNO5/c1-15(2)32-18-11-8-16(9-12-18)26(30)28-23-19-6-4-5-7-21(19)33-25(23)24(29)17-10-13-22(31-3)20(27)14-17/h4-15H,1-3H3,(H,28,30). The van der Waals surface area contributed by atoms with Crippen LogP contribution in [0.2, 0.25) is 5.02 Å². The second kappa shape index (κ2) is 9.38. The molecule has 0 saturated heterocycles. The van der Waals surface area contributed by atoms with Gasteiger partial charge in [-0.3, -0.25) is 9.59 Å². The minimum atomic E-state index is -0.410. The molecule has 33 heavy (non-hydrogen) atoms. The van der Waals surface area contributed by atoms with Crippen LogP contribution in [0.4, 0.5) is 5.69 Å². The summed E-state index contributed by atoms with van der Waals surface area (Å²) in [6, 6.07) is 18.6. The molecule has 1 amide bonds. The Bertz CT molecular complexity index is 1320. The van der Waals surface area contributed by atoms with Crippen LogP contribution in [0.1, 0.15) is 40.3 Å². The van der Waals surface area contributed by atoms with E-state index in [1.165, 1.54) is 13.2 Å². The fourth-order valence-electron chi connectivity index (χ4n) is 3.41. The Hall–Kier alpha value is -3.77. The van der Waals surface area contributed by atoms with E-state index >= 15 is 0 Å². The Morgan fingerprint density at radius 2 is 1.67 bits per heavy atom. The third-order valence-electron chi connectivity index (χ3n) is 4.94. The van der Waals surface area contributed by atoms with Gasteiger partial charge in [0.05, 0.1) is 23.9 Å². The summed E-state index contributed by atoms with van der Waals surface area (Å²) in [7, 11) is 1.50. The van der Waals surface area contributed by atoms with Crippen molar-refractivity contribution in [3.05, 3.63) is 88.6 Å². The first-order chi connectivity index (χ1) is 15.9. The number of benzene rings is 3. The summed E-state index contributed by atoms with van der Waals surface area (Å²) in [5, 5.41) is 3.76. The monoisotopic (exact) mass is 463 g/mol. The summed E-state index contributed by atoms with van der Waals surface area (Å²) in [6.07, 6.45) is 0.0296. The molecular formula is C26H22ClNO5. The third kappa shape index (κ3) is 4.71. The Labute approximate surface area is 196 Å². The van der Waals surface area contributed by atoms with Gasteiger partial charge in [-0.2, -0.15) is 0 Å². The first-order valence-electron chi connectivity index (χ1n) is 10.3. The van der Waals surface area contributed by atoms with Crippen molar-refractivity contribution < 1.29 is 23.5 Å². The molecule has 0 spiro atoms. The highest BCUT2D eigenvalue weighted by Gasteiger charge is 2.24. The Morgan fingerprint density at radius 3 is 2.33 bits per heavy atom. The molecule has 168 valence electrons. The number of ether oxygens (including phenoxy) is 2. The number of ketones is 1. The molecule has 4 rings (SSSR count). The van der Waals surface area contributed by atoms with Gasteiger partial charge in [-0.15, -0.1) is 0 Å². The maximum Gasteiger partial charge on any atom is 0.255 e. The number of fused-ring (bicyclic) bond motifs is 1. The van der Waals surface area contributed by atoms with E-state index in [1.807, 2.05) is 19.9 Å². The molecule has 6 nitrogen and oxygen atoms in total. The second-order valence-corrected chi connectivity index (χ2v) is 8.03. The number of rotatable bonds is 7. The van der Waals surface area contributed by atoms with E-state index in [9.17, 15) is 9.59 Å². The summed E-state index contributed by atoms with van der Waals surface area (Å²) in [4.78, 5) is 26.3. The number of carbonyl (C=O) groups is 2. The number of hydrogen-bond acceptors (Lipinski definition) is 5. The quantitative estimate of drug-likeness (QED) is 0.322. The normalized spacial score (nSPS) is 10.9. The molecule has 1 heterocycles. The van der Waals surface area contributed by atoms with Crippen LogP contribution in [-0.4, -0.2) is 24.9 Å². The fraction of sp³-hybridized carbons (Fsp3) is 0.154. The largest absolute Gasteiger partial charge is 0.495 e. The molecule has 0 aliphatic carbocycles. The molecule has 1 aromatic heterocycles. The summed E-state index contributed by atoms with van der Waals surface area (Å²) in [6.45, 7) is 3.86. The lowest BCUT2D eigenvalue weighted by Crippen LogP contribution is -2.14. The number of amides is 1. The van der Waals surface area contributed by atoms with E-state index in [4.69, 9.17) is 25.5 Å². The zero-order valence-corrected chi connectivity index (χ0v) is 19.1. The van der Waals surface area contributed by atoms with Crippen molar-refractivity contribution >= 4 is 39.9 Å². The second-order valence-electron chi connectivity index (χ2n) is 7.63. The summed E-state index contributed by atoms with van der Waals surface area (Å²) < 4.78 is 16.6. The van der Waals surface area contributed by atoms with Crippen molar-refractivity contribution in [1.29, 1.82) is 0 Å². The van der Waals surface area contributed by atoms with Gasteiger partial charge in [-0.25, -0.2) is 0 Å². The van der Waals surface area contributed by atoms with E-state index in [0.717, 1.165) is 0 Å². The van der Waals surface area contributed by atoms with E-state index in [-0.39, 0.29) is 17.8 Å². The number of halogens is 1. The van der Waals surface area contributed by atoms with Gasteiger partial charge in [0.25, 0.3) is 5.91 Å². The Kier molecular flexibility index (Phi) is 6.38. The van der Waals surface area contributed by atoms with Crippen LogP contribution in [0, 0.1) is 0 Å². The minimum Gasteiger partial charge on any atom is -0.495 e. The first kappa shape index (κ1) is 22.4. The third-order valence-corrected chi connectivity index (χ3v) is 5.24. The molecule has 0 saturated carbocycles. The molecule has 0 bridgehead atoms. The van der Waals surface area contributed by atoms with Gasteiger partial charge in [-0.05, 0) is 68.4 Å². The molecule has 1 N–H and O–H groups in total. The highest BCUT2D eigenvalue weighted by molar-refractivity contribution is 6.32. The molecule has 0 radical (unpaired) electrons. The van der Waals surface area contributed by atoms with Crippen molar-refractivity contribution in [1.82, 2.24) is 0 Å². The van der Waals surface area contributed by atoms with Crippen LogP contribution in [0.5, 0.6) is 11.5 Å². The lowest BCUT2D eigenvalue weighted by atomic mass is 10.1. The number of methoxy groups -OCH3 is 1. The topological polar surface area (TPSA) is 77.8 Å². The lowest BCUT2D eigenvalue weighted by Gasteiger charge is -2.10. The number of para-hydroxylation sites is 1. The number of furan rings is 1. The zero-order valence-electron chi connectivity index (χ0n) is 18.3. The molecule has 4 aromatic rings. The van der Waals surface area contributed by atoms with Crippen molar-refractivity contribution in [3.8, 4) is 11.5 Å². The number of carbonyl (C=O) groups excluding carboxylic acids is 2. The van der Waals surface area contributed by atoms with Crippen LogP contribution in [0.3, 0.4) is 0 Å². The van der Waals surface area contributed by atoms with Gasteiger partial charge < -0.3 is 19.2 Å². The predicted molar refractivity (Wildman–Crippen MR) is 128 cm³/mol. The lowest BCUT2D eigenvalue weighted by molar-refractivity contribution is 0.101. The minimum absolute atomic E-state index is 0.0190. The Morgan fingerprint density at radius 1 is 0.970 bits per heavy atom. The van der Waals surface area contributed by atoms with Gasteiger partial charge in [0, 0.05) is 16.5 Å². The Balaban J connectivity index is 1.69. The zero-order chi connectivity index (χ0) is 23.5. The van der Waals surface area contributed by atoms with Gasteiger partial charge in [0.1, 0.15) is 17.1 Å². The maximum absolute atomic E-state index is 13.3. The van der Waals surface area contributed by atoms with Crippen LogP contribution >= 0.6 is 11.6 Å². The van der Waals surface area contributed by atoms with E-state index in [0.29, 0.717) is 44.3 Å². The van der Waals surface area contributed by atoms with Gasteiger partial charge in [0.15, 0.2) is 5.76 Å². The molecule has 0 unspecified atom stereocenters. The highest BCUT2D eigenvalue weighted by atomic mass is 35.5. The molecule has 3 aromatic carbocycles. The number of nitrogens with one attached hydrogen (secondary N) is 1. The number of hydrogen-bond donors (Lipinski definition) is 1. The van der Waals surface area contributed by atoms with Crippen LogP contribution in [-0.2, 0) is 0 Å². The molecular weight excluding hydrogens is 442 g/mol. The average Bonchev–Trinajstić information content (AvgIpc) is 3.17. The van der Waals surface area contributed by atoms with Gasteiger partial charge >= 0.3 is 0 Å². The highest BCUT2D eigenvalue weighted by Crippen LogP contribution is 2.34. The SMILES string of the molecule is COc1ccc(C(=O)c2oc3ccccc3c2NC(=O)c2ccc(OC(C)C)cc2)cc1Cl. The van der Waals surface area contributed by atoms with E-state index in [2.05, 4.69) is 5.32 Å². The van der Waals surface area contributed by atoms with Crippen LogP contribution in [0.15, 0.2) is 71.1 Å². The van der Waals surface area contributed by atoms with E-state index < -0.39 is 5.78 Å². The predicted octanol–water partition coefficient (Wildman–Crippen LogP) is 6.37. The summed E-state index contributed by atoms with van der Waals surface area (Å²) >= 11 is 6.20. The van der Waals surface area contributed by atoms with Crippen molar-refractivity contribution in [2.24, 2.45) is 0 Å². The molecule has 7 heteroatoms. The summed E-state index contributed by atoms with van der Waals surface area (Å²) in [5.41, 5.74) is 1.51. The van der Waals surface area contributed by atoms with Crippen LogP contribution < -0.4 is 14.8 Å². The first-order valence-corrected chi connectivity index (χ1v) is 10.7. The van der Waals surface area contributed by atoms with Gasteiger partial charge in [-0.1, -0.05) is 23.7 Å². The molecule has 0 fully saturated rings. The average molecular weight is 464 g/mol. The molecule has 0 atom stereocenters. The van der Waals surface area contributed by atoms with Gasteiger partial charge in [0.2, 0.25) is 5.78 Å². The van der Waals surface area contributed by atoms with Crippen LogP contribution in [0.25, 0.3) is 11.0 Å². The fourth-order valence-corrected chi connectivity index (χ4v) is 3.67. The van der Waals surface area contributed by atoms with Crippen molar-refractivity contribution in [3.63, 3.8) is 0 Å².